The molecular weight excluding hydrogens is 582 g/mol. The molecule has 4 aromatic rings. The molecule has 0 aromatic heterocycles. The number of anilines is 1. The third-order valence-corrected chi connectivity index (χ3v) is 9.85. The van der Waals surface area contributed by atoms with Crippen LogP contribution >= 0.6 is 0 Å². The van der Waals surface area contributed by atoms with Crippen LogP contribution in [-0.4, -0.2) is 61.4 Å². The number of benzene rings is 4. The summed E-state index contributed by atoms with van der Waals surface area (Å²) in [6.45, 7) is 1.57. The van der Waals surface area contributed by atoms with Crippen molar-refractivity contribution in [3.8, 4) is 40.2 Å². The minimum absolute atomic E-state index is 0.00503. The number of aromatic hydroxyl groups is 1. The van der Waals surface area contributed by atoms with Gasteiger partial charge >= 0.3 is 0 Å². The molecule has 0 radical (unpaired) electrons. The molecule has 0 amide bonds. The molecule has 0 spiro atoms. The number of hydrogen-bond donors (Lipinski definition) is 3. The number of nitrogens with zero attached hydrogens (tertiary/aromatic N) is 2. The summed E-state index contributed by atoms with van der Waals surface area (Å²) in [6, 6.07) is 17.9. The summed E-state index contributed by atoms with van der Waals surface area (Å²) in [4.78, 5) is 4.68. The number of ether oxygens (including phenoxy) is 4. The maximum Gasteiger partial charge on any atom is 0.181 e. The highest BCUT2D eigenvalue weighted by atomic mass is 16.5. The van der Waals surface area contributed by atoms with Crippen LogP contribution in [0.3, 0.4) is 0 Å². The van der Waals surface area contributed by atoms with Crippen molar-refractivity contribution in [2.24, 2.45) is 0 Å². The van der Waals surface area contributed by atoms with Gasteiger partial charge in [0.1, 0.15) is 5.75 Å². The van der Waals surface area contributed by atoms with E-state index in [9.17, 15) is 10.2 Å². The molecule has 9 nitrogen and oxygen atoms in total. The Morgan fingerprint density at radius 3 is 2.26 bits per heavy atom. The summed E-state index contributed by atoms with van der Waals surface area (Å²) < 4.78 is 25.1. The number of phenolic OH excluding ortho intramolecular Hbond substituents is 1. The topological polar surface area (TPSA) is 110 Å². The van der Waals surface area contributed by atoms with E-state index in [0.29, 0.717) is 52.9 Å². The first kappa shape index (κ1) is 30.2. The Morgan fingerprint density at radius 1 is 0.826 bits per heavy atom. The molecule has 2 atom stereocenters. The Morgan fingerprint density at radius 2 is 1.54 bits per heavy atom. The molecule has 240 valence electrons. The summed E-state index contributed by atoms with van der Waals surface area (Å²) in [6.07, 6.45) is 3.04. The predicted molar refractivity (Wildman–Crippen MR) is 177 cm³/mol. The molecule has 9 heteroatoms. The smallest absolute Gasteiger partial charge is 0.181 e. The van der Waals surface area contributed by atoms with Crippen LogP contribution in [0.5, 0.6) is 40.2 Å². The van der Waals surface area contributed by atoms with Gasteiger partial charge in [-0.3, -0.25) is 9.80 Å². The molecule has 8 rings (SSSR count). The highest BCUT2D eigenvalue weighted by molar-refractivity contribution is 5.63. The number of aliphatic hydroxyl groups is 1. The molecule has 4 aliphatic rings. The SMILES string of the molecule is COc1cc2c3cc1Oc1c(OC)c(CO)cc4c1[C@H](Cc1ccc(cc1)Oc1cc(cc(N)c1O)C[C@H]3N(C)CC2)N(C)CC4. The number of methoxy groups -OCH3 is 2. The fraction of sp³-hybridized carbons (Fsp3) is 0.351. The molecular formula is C37H41N3O6. The second-order valence-corrected chi connectivity index (χ2v) is 12.6. The molecule has 0 saturated heterocycles. The molecule has 0 saturated carbocycles. The summed E-state index contributed by atoms with van der Waals surface area (Å²) in [5.41, 5.74) is 13.9. The van der Waals surface area contributed by atoms with Crippen LogP contribution in [-0.2, 0) is 32.3 Å². The van der Waals surface area contributed by atoms with Crippen LogP contribution in [0.15, 0.2) is 54.6 Å². The van der Waals surface area contributed by atoms with Gasteiger partial charge in [-0.25, -0.2) is 0 Å². The van der Waals surface area contributed by atoms with Crippen LogP contribution in [0.25, 0.3) is 0 Å². The van der Waals surface area contributed by atoms with Gasteiger partial charge in [0, 0.05) is 36.3 Å². The van der Waals surface area contributed by atoms with Gasteiger partial charge in [-0.1, -0.05) is 12.1 Å². The molecule has 4 aromatic carbocycles. The van der Waals surface area contributed by atoms with Gasteiger partial charge in [0.25, 0.3) is 0 Å². The third kappa shape index (κ3) is 5.28. The summed E-state index contributed by atoms with van der Waals surface area (Å²) in [5, 5.41) is 21.3. The summed E-state index contributed by atoms with van der Waals surface area (Å²) in [7, 11) is 7.54. The lowest BCUT2D eigenvalue weighted by Crippen LogP contribution is -2.34. The fourth-order valence-electron chi connectivity index (χ4n) is 7.31. The highest BCUT2D eigenvalue weighted by Gasteiger charge is 2.34. The average Bonchev–Trinajstić information content (AvgIpc) is 3.05. The zero-order chi connectivity index (χ0) is 32.1. The number of hydrogen-bond acceptors (Lipinski definition) is 9. The van der Waals surface area contributed by atoms with E-state index >= 15 is 0 Å². The van der Waals surface area contributed by atoms with Gasteiger partial charge in [0.15, 0.2) is 34.5 Å². The number of phenols is 1. The van der Waals surface area contributed by atoms with Crippen LogP contribution in [0.4, 0.5) is 5.69 Å². The standard InChI is InChI=1S/C37H41N3O6/c1-39-11-9-23-18-31(43-3)32-19-27(23)29(39)15-22-13-28(38)35(42)33(16-22)45-26-7-5-21(6-8-26)14-30-34-24(10-12-40(30)2)17-25(20-41)36(44-4)37(34)46-32/h5-8,13,16-19,29-30,41-42H,9-12,14-15,20,38H2,1-4H3/t29-,30+/m1/s1. The van der Waals surface area contributed by atoms with E-state index in [4.69, 9.17) is 24.7 Å². The Hall–Kier alpha value is -4.44. The Kier molecular flexibility index (Phi) is 7.92. The molecule has 4 aliphatic heterocycles. The lowest BCUT2D eigenvalue weighted by molar-refractivity contribution is 0.219. The zero-order valence-corrected chi connectivity index (χ0v) is 26.8. The number of likely N-dealkylation sites (N-methyl/N-ethyl adjacent to an activating group) is 2. The minimum atomic E-state index is -0.166. The maximum atomic E-state index is 10.9. The first-order valence-electron chi connectivity index (χ1n) is 15.8. The van der Waals surface area contributed by atoms with E-state index in [1.165, 1.54) is 5.56 Å². The normalized spacial score (nSPS) is 19.3. The van der Waals surface area contributed by atoms with E-state index < -0.39 is 0 Å². The predicted octanol–water partition coefficient (Wildman–Crippen LogP) is 5.93. The molecule has 0 aliphatic carbocycles. The molecule has 0 fully saturated rings. The van der Waals surface area contributed by atoms with Crippen LogP contribution in [0.2, 0.25) is 0 Å². The van der Waals surface area contributed by atoms with Gasteiger partial charge in [-0.15, -0.1) is 0 Å². The summed E-state index contributed by atoms with van der Waals surface area (Å²) >= 11 is 0. The van der Waals surface area contributed by atoms with Crippen molar-refractivity contribution in [2.75, 3.05) is 47.1 Å². The quantitative estimate of drug-likeness (QED) is 0.189. The van der Waals surface area contributed by atoms with Gasteiger partial charge < -0.3 is 34.9 Å². The van der Waals surface area contributed by atoms with E-state index in [0.717, 1.165) is 53.7 Å². The first-order valence-corrected chi connectivity index (χ1v) is 15.8. The van der Waals surface area contributed by atoms with Gasteiger partial charge in [0.2, 0.25) is 0 Å². The monoisotopic (exact) mass is 623 g/mol. The van der Waals surface area contributed by atoms with Crippen LogP contribution < -0.4 is 24.7 Å². The van der Waals surface area contributed by atoms with Crippen molar-refractivity contribution in [1.82, 2.24) is 9.80 Å². The van der Waals surface area contributed by atoms with E-state index in [2.05, 4.69) is 54.2 Å². The summed E-state index contributed by atoms with van der Waals surface area (Å²) in [5.74, 6) is 3.25. The van der Waals surface area contributed by atoms with Crippen molar-refractivity contribution in [2.45, 2.75) is 44.4 Å². The maximum absolute atomic E-state index is 10.9. The molecule has 46 heavy (non-hydrogen) atoms. The Labute approximate surface area is 269 Å². The Bertz CT molecular complexity index is 1790. The van der Waals surface area contributed by atoms with Crippen molar-refractivity contribution in [3.05, 3.63) is 93.5 Å². The highest BCUT2D eigenvalue weighted by Crippen LogP contribution is 2.50. The molecule has 4 N–H and O–H groups in total. The van der Waals surface area contributed by atoms with E-state index in [-0.39, 0.29) is 30.1 Å². The van der Waals surface area contributed by atoms with Crippen molar-refractivity contribution >= 4 is 5.69 Å². The number of aliphatic hydroxyl groups excluding tert-OH is 1. The lowest BCUT2D eigenvalue weighted by atomic mass is 9.86. The second-order valence-electron chi connectivity index (χ2n) is 12.6. The molecule has 6 bridgehead atoms. The number of rotatable bonds is 3. The van der Waals surface area contributed by atoms with Crippen molar-refractivity contribution in [3.63, 3.8) is 0 Å². The molecule has 4 heterocycles. The van der Waals surface area contributed by atoms with Gasteiger partial charge in [0.05, 0.1) is 26.5 Å². The van der Waals surface area contributed by atoms with Crippen molar-refractivity contribution in [1.29, 1.82) is 0 Å². The zero-order valence-electron chi connectivity index (χ0n) is 26.8. The first-order chi connectivity index (χ1) is 22.3. The van der Waals surface area contributed by atoms with Gasteiger partial charge in [-0.2, -0.15) is 0 Å². The number of nitrogen functional groups attached to an aromatic ring is 1. The van der Waals surface area contributed by atoms with Crippen LogP contribution in [0, 0.1) is 0 Å². The fourth-order valence-corrected chi connectivity index (χ4v) is 7.31. The largest absolute Gasteiger partial charge is 0.503 e. The Balaban J connectivity index is 1.47. The average molecular weight is 624 g/mol. The second kappa shape index (κ2) is 12.1. The van der Waals surface area contributed by atoms with E-state index in [1.807, 2.05) is 24.3 Å². The van der Waals surface area contributed by atoms with Crippen LogP contribution in [0.1, 0.15) is 51.0 Å². The van der Waals surface area contributed by atoms with E-state index in [1.54, 1.807) is 14.2 Å². The number of fused-ring (bicyclic) bond motifs is 2. The molecule has 0 unspecified atom stereocenters. The lowest BCUT2D eigenvalue weighted by Gasteiger charge is -2.37. The third-order valence-electron chi connectivity index (χ3n) is 9.85. The number of nitrogens with two attached hydrogens (primary N) is 1. The minimum Gasteiger partial charge on any atom is -0.503 e. The van der Waals surface area contributed by atoms with Crippen molar-refractivity contribution < 1.29 is 29.2 Å². The van der Waals surface area contributed by atoms with Gasteiger partial charge in [-0.05, 0) is 110 Å².